The average Bonchev–Trinajstić information content (AvgIpc) is 2.12. The molecule has 1 aromatic heterocycles. The van der Waals surface area contributed by atoms with Crippen molar-refractivity contribution in [3.63, 3.8) is 0 Å². The molecule has 1 nitrogen and oxygen atoms in total. The third kappa shape index (κ3) is 1.21. The van der Waals surface area contributed by atoms with Gasteiger partial charge in [-0.2, -0.15) is 0 Å². The zero-order valence-corrected chi connectivity index (χ0v) is 6.88. The van der Waals surface area contributed by atoms with Crippen LogP contribution >= 0.6 is 0 Å². The predicted octanol–water partition coefficient (Wildman–Crippen LogP) is 0.946. The van der Waals surface area contributed by atoms with E-state index in [0.717, 1.165) is 3.58 Å². The SMILES string of the molecule is CC(=O)c1ccc[te]1. The fourth-order valence-electron chi connectivity index (χ4n) is 0.479. The third-order valence-electron chi connectivity index (χ3n) is 0.868. The quantitative estimate of drug-likeness (QED) is 0.510. The van der Waals surface area contributed by atoms with Crippen LogP contribution in [0.25, 0.3) is 0 Å². The van der Waals surface area contributed by atoms with Crippen molar-refractivity contribution in [2.24, 2.45) is 0 Å². The van der Waals surface area contributed by atoms with Crippen LogP contribution in [-0.4, -0.2) is 26.2 Å². The van der Waals surface area contributed by atoms with Gasteiger partial charge >= 0.3 is 57.7 Å². The molecule has 0 aliphatic carbocycles. The minimum atomic E-state index is -0.190. The standard InChI is InChI=1S/C6H6OTe/c1-5(7)6-3-2-4-8-6/h2-4H,1H3. The zero-order chi connectivity index (χ0) is 5.98. The molecule has 0 saturated heterocycles. The first-order chi connectivity index (χ1) is 3.80. The van der Waals surface area contributed by atoms with Crippen LogP contribution in [0, 0.1) is 0 Å². The molecule has 0 aliphatic heterocycles. The van der Waals surface area contributed by atoms with Crippen LogP contribution in [0.15, 0.2) is 16.2 Å². The first-order valence-corrected chi connectivity index (χ1v) is 4.86. The molecule has 0 unspecified atom stereocenters. The van der Waals surface area contributed by atoms with Crippen molar-refractivity contribution in [3.05, 3.63) is 19.8 Å². The summed E-state index contributed by atoms with van der Waals surface area (Å²) in [5, 5.41) is 0. The summed E-state index contributed by atoms with van der Waals surface area (Å²) in [5.41, 5.74) is 0. The number of hydrogen-bond donors (Lipinski definition) is 0. The van der Waals surface area contributed by atoms with Crippen LogP contribution < -0.4 is 0 Å². The third-order valence-corrected chi connectivity index (χ3v) is 3.64. The van der Waals surface area contributed by atoms with Gasteiger partial charge in [0.15, 0.2) is 0 Å². The van der Waals surface area contributed by atoms with Crippen molar-refractivity contribution in [2.75, 3.05) is 0 Å². The molecule has 0 aliphatic rings. The molecule has 0 amide bonds. The molecule has 1 rings (SSSR count). The van der Waals surface area contributed by atoms with Crippen molar-refractivity contribution in [1.29, 1.82) is 0 Å². The van der Waals surface area contributed by atoms with Gasteiger partial charge in [0.05, 0.1) is 0 Å². The van der Waals surface area contributed by atoms with E-state index in [-0.39, 0.29) is 26.2 Å². The van der Waals surface area contributed by atoms with Crippen molar-refractivity contribution in [1.82, 2.24) is 0 Å². The van der Waals surface area contributed by atoms with Gasteiger partial charge in [-0.25, -0.2) is 0 Å². The molecule has 0 saturated carbocycles. The fourth-order valence-corrected chi connectivity index (χ4v) is 2.27. The van der Waals surface area contributed by atoms with Crippen LogP contribution in [0.4, 0.5) is 0 Å². The van der Waals surface area contributed by atoms with E-state index in [1.807, 2.05) is 12.1 Å². The second-order valence-corrected chi connectivity index (χ2v) is 4.24. The summed E-state index contributed by atoms with van der Waals surface area (Å²) in [6.07, 6.45) is 0. The van der Waals surface area contributed by atoms with Gasteiger partial charge in [-0.05, 0) is 0 Å². The Balaban J connectivity index is 2.93. The van der Waals surface area contributed by atoms with Crippen LogP contribution in [0.3, 0.4) is 0 Å². The Morgan fingerprint density at radius 2 is 2.50 bits per heavy atom. The fraction of sp³-hybridized carbons (Fsp3) is 0.167. The number of carbonyl (C=O) groups is 1. The summed E-state index contributed by atoms with van der Waals surface area (Å²) in [7, 11) is 0. The predicted molar refractivity (Wildman–Crippen MR) is 33.4 cm³/mol. The molecular formula is C6H6OTe. The van der Waals surface area contributed by atoms with E-state index >= 15 is 0 Å². The van der Waals surface area contributed by atoms with Crippen LogP contribution in [0.1, 0.15) is 15.3 Å². The number of Topliss-reactive ketones (excluding diaryl/α,β-unsaturated/α-hetero) is 1. The summed E-state index contributed by atoms with van der Waals surface area (Å²) in [6, 6.07) is 3.89. The van der Waals surface area contributed by atoms with Crippen molar-refractivity contribution >= 4 is 26.2 Å². The Morgan fingerprint density at radius 1 is 1.75 bits per heavy atom. The summed E-state index contributed by atoms with van der Waals surface area (Å²) < 4.78 is 3.16. The molecule has 0 N–H and O–H groups in total. The molecule has 1 aromatic rings. The molecular weight excluding hydrogens is 216 g/mol. The second kappa shape index (κ2) is 2.48. The summed E-state index contributed by atoms with van der Waals surface area (Å²) >= 11 is -0.190. The first kappa shape index (κ1) is 6.07. The van der Waals surface area contributed by atoms with Gasteiger partial charge in [-0.15, -0.1) is 0 Å². The van der Waals surface area contributed by atoms with Gasteiger partial charge in [0, 0.05) is 0 Å². The number of carbonyl (C=O) groups excluding carboxylic acids is 1. The van der Waals surface area contributed by atoms with E-state index in [1.165, 1.54) is 0 Å². The van der Waals surface area contributed by atoms with Gasteiger partial charge in [-0.1, -0.05) is 0 Å². The van der Waals surface area contributed by atoms with Crippen LogP contribution in [0.5, 0.6) is 0 Å². The van der Waals surface area contributed by atoms with Gasteiger partial charge in [0.2, 0.25) is 0 Å². The summed E-state index contributed by atoms with van der Waals surface area (Å²) in [6.45, 7) is 1.63. The minimum absolute atomic E-state index is 0.190. The van der Waals surface area contributed by atoms with E-state index in [9.17, 15) is 4.79 Å². The molecule has 0 bridgehead atoms. The maximum absolute atomic E-state index is 10.6. The summed E-state index contributed by atoms with van der Waals surface area (Å²) in [5.74, 6) is 0.248. The zero-order valence-electron chi connectivity index (χ0n) is 4.55. The Kier molecular flexibility index (Phi) is 1.88. The monoisotopic (exact) mass is 224 g/mol. The molecule has 0 fully saturated rings. The van der Waals surface area contributed by atoms with E-state index in [1.54, 1.807) is 6.92 Å². The van der Waals surface area contributed by atoms with E-state index < -0.39 is 0 Å². The Morgan fingerprint density at radius 3 is 2.75 bits per heavy atom. The van der Waals surface area contributed by atoms with E-state index in [4.69, 9.17) is 0 Å². The van der Waals surface area contributed by atoms with Crippen molar-refractivity contribution in [3.8, 4) is 0 Å². The molecule has 8 heavy (non-hydrogen) atoms. The van der Waals surface area contributed by atoms with E-state index in [2.05, 4.69) is 4.08 Å². The Labute approximate surface area is 57.9 Å². The van der Waals surface area contributed by atoms with Gasteiger partial charge in [0.25, 0.3) is 0 Å². The molecule has 42 valence electrons. The number of hydrogen-bond acceptors (Lipinski definition) is 1. The first-order valence-electron chi connectivity index (χ1n) is 2.35. The number of rotatable bonds is 1. The Hall–Kier alpha value is -0.0604. The molecule has 0 aromatic carbocycles. The molecule has 0 radical (unpaired) electrons. The molecule has 0 atom stereocenters. The Bertz CT molecular complexity index is 176. The molecule has 1 heterocycles. The second-order valence-electron chi connectivity index (χ2n) is 1.53. The van der Waals surface area contributed by atoms with Crippen molar-refractivity contribution in [2.45, 2.75) is 6.92 Å². The average molecular weight is 222 g/mol. The normalized spacial score (nSPS) is 9.12. The molecule has 2 heteroatoms. The van der Waals surface area contributed by atoms with Gasteiger partial charge in [-0.3, -0.25) is 0 Å². The van der Waals surface area contributed by atoms with Crippen LogP contribution in [0.2, 0.25) is 0 Å². The van der Waals surface area contributed by atoms with E-state index in [0.29, 0.717) is 0 Å². The maximum atomic E-state index is 10.6. The van der Waals surface area contributed by atoms with Crippen molar-refractivity contribution < 1.29 is 4.79 Å². The van der Waals surface area contributed by atoms with Gasteiger partial charge < -0.3 is 0 Å². The summed E-state index contributed by atoms with van der Waals surface area (Å²) in [4.78, 5) is 10.6. The number of ketones is 1. The molecule has 0 spiro atoms. The van der Waals surface area contributed by atoms with Crippen LogP contribution in [-0.2, 0) is 0 Å². The van der Waals surface area contributed by atoms with Gasteiger partial charge in [0.1, 0.15) is 0 Å². The topological polar surface area (TPSA) is 17.1 Å².